The molecule has 0 atom stereocenters. The SMILES string of the molecule is O=CC1=C(Br)C=CC1. The summed E-state index contributed by atoms with van der Waals surface area (Å²) in [6.45, 7) is 0. The molecule has 1 aliphatic carbocycles. The van der Waals surface area contributed by atoms with E-state index >= 15 is 0 Å². The third-order valence-corrected chi connectivity index (χ3v) is 1.82. The zero-order chi connectivity index (χ0) is 5.98. The summed E-state index contributed by atoms with van der Waals surface area (Å²) in [5, 5.41) is 0. The van der Waals surface area contributed by atoms with Gasteiger partial charge in [0.25, 0.3) is 0 Å². The van der Waals surface area contributed by atoms with Gasteiger partial charge in [-0.25, -0.2) is 0 Å². The van der Waals surface area contributed by atoms with Crippen molar-refractivity contribution in [1.82, 2.24) is 0 Å². The standard InChI is InChI=1S/C6H5BrO/c7-6-3-1-2-5(6)4-8/h1,3-4H,2H2. The van der Waals surface area contributed by atoms with Crippen molar-refractivity contribution in [2.45, 2.75) is 6.42 Å². The second kappa shape index (κ2) is 2.27. The lowest BCUT2D eigenvalue weighted by molar-refractivity contribution is -0.104. The Balaban J connectivity index is 2.82. The molecule has 0 aromatic carbocycles. The van der Waals surface area contributed by atoms with Crippen LogP contribution in [0, 0.1) is 0 Å². The van der Waals surface area contributed by atoms with Crippen LogP contribution < -0.4 is 0 Å². The van der Waals surface area contributed by atoms with Crippen molar-refractivity contribution in [2.75, 3.05) is 0 Å². The molecular formula is C6H5BrO. The molecule has 1 aliphatic rings. The van der Waals surface area contributed by atoms with Crippen molar-refractivity contribution in [3.63, 3.8) is 0 Å². The Hall–Kier alpha value is -0.370. The van der Waals surface area contributed by atoms with Crippen molar-refractivity contribution >= 4 is 22.2 Å². The predicted octanol–water partition coefficient (Wildman–Crippen LogP) is 1.79. The lowest BCUT2D eigenvalue weighted by Gasteiger charge is -1.84. The van der Waals surface area contributed by atoms with Crippen LogP contribution in [-0.2, 0) is 4.79 Å². The molecule has 0 saturated carbocycles. The van der Waals surface area contributed by atoms with E-state index in [1.54, 1.807) is 0 Å². The second-order valence-electron chi connectivity index (χ2n) is 1.60. The number of hydrogen-bond acceptors (Lipinski definition) is 1. The first-order valence-electron chi connectivity index (χ1n) is 2.35. The molecule has 42 valence electrons. The van der Waals surface area contributed by atoms with Crippen LogP contribution in [0.25, 0.3) is 0 Å². The minimum atomic E-state index is 0.782. The zero-order valence-electron chi connectivity index (χ0n) is 4.23. The van der Waals surface area contributed by atoms with E-state index in [0.717, 1.165) is 22.8 Å². The van der Waals surface area contributed by atoms with E-state index in [1.807, 2.05) is 12.2 Å². The topological polar surface area (TPSA) is 17.1 Å². The first-order valence-corrected chi connectivity index (χ1v) is 3.14. The van der Waals surface area contributed by atoms with Crippen LogP contribution in [0.2, 0.25) is 0 Å². The van der Waals surface area contributed by atoms with Gasteiger partial charge >= 0.3 is 0 Å². The molecule has 0 aromatic rings. The highest BCUT2D eigenvalue weighted by molar-refractivity contribution is 9.12. The molecule has 0 unspecified atom stereocenters. The van der Waals surface area contributed by atoms with E-state index in [4.69, 9.17) is 0 Å². The predicted molar refractivity (Wildman–Crippen MR) is 35.8 cm³/mol. The van der Waals surface area contributed by atoms with E-state index in [-0.39, 0.29) is 0 Å². The largest absolute Gasteiger partial charge is 0.298 e. The maximum absolute atomic E-state index is 10.1. The first-order chi connectivity index (χ1) is 3.84. The fourth-order valence-corrected chi connectivity index (χ4v) is 1.04. The number of carbonyl (C=O) groups excluding carboxylic acids is 1. The van der Waals surface area contributed by atoms with Gasteiger partial charge in [0.1, 0.15) is 6.29 Å². The summed E-state index contributed by atoms with van der Waals surface area (Å²) in [6.07, 6.45) is 5.51. The van der Waals surface area contributed by atoms with Crippen molar-refractivity contribution < 1.29 is 4.79 Å². The van der Waals surface area contributed by atoms with Gasteiger partial charge in [-0.2, -0.15) is 0 Å². The van der Waals surface area contributed by atoms with E-state index in [2.05, 4.69) is 15.9 Å². The molecule has 0 fully saturated rings. The van der Waals surface area contributed by atoms with Gasteiger partial charge in [0, 0.05) is 10.1 Å². The van der Waals surface area contributed by atoms with Crippen LogP contribution in [-0.4, -0.2) is 6.29 Å². The van der Waals surface area contributed by atoms with Crippen LogP contribution >= 0.6 is 15.9 Å². The van der Waals surface area contributed by atoms with Gasteiger partial charge in [-0.05, 0) is 6.42 Å². The minimum Gasteiger partial charge on any atom is -0.298 e. The van der Waals surface area contributed by atoms with Crippen LogP contribution in [0.4, 0.5) is 0 Å². The Morgan fingerprint density at radius 2 is 2.50 bits per heavy atom. The van der Waals surface area contributed by atoms with Crippen LogP contribution in [0.15, 0.2) is 22.2 Å². The second-order valence-corrected chi connectivity index (χ2v) is 2.45. The molecule has 0 amide bonds. The lowest BCUT2D eigenvalue weighted by atomic mass is 10.3. The van der Waals surface area contributed by atoms with Gasteiger partial charge < -0.3 is 0 Å². The molecular weight excluding hydrogens is 168 g/mol. The minimum absolute atomic E-state index is 0.782. The highest BCUT2D eigenvalue weighted by Gasteiger charge is 2.02. The van der Waals surface area contributed by atoms with Gasteiger partial charge in [-0.1, -0.05) is 28.1 Å². The van der Waals surface area contributed by atoms with Gasteiger partial charge in [0.2, 0.25) is 0 Å². The molecule has 1 rings (SSSR count). The molecule has 0 heterocycles. The molecule has 8 heavy (non-hydrogen) atoms. The maximum atomic E-state index is 10.1. The van der Waals surface area contributed by atoms with Gasteiger partial charge in [0.15, 0.2) is 0 Å². The zero-order valence-corrected chi connectivity index (χ0v) is 5.81. The smallest absolute Gasteiger partial charge is 0.147 e. The summed E-state index contributed by atoms with van der Waals surface area (Å²) in [6, 6.07) is 0. The number of rotatable bonds is 1. The first kappa shape index (κ1) is 5.76. The Morgan fingerprint density at radius 3 is 2.75 bits per heavy atom. The summed E-state index contributed by atoms with van der Waals surface area (Å²) < 4.78 is 0.924. The van der Waals surface area contributed by atoms with Crippen molar-refractivity contribution in [1.29, 1.82) is 0 Å². The number of allylic oxidation sites excluding steroid dienone is 4. The quantitative estimate of drug-likeness (QED) is 0.552. The number of carbonyl (C=O) groups is 1. The normalized spacial score (nSPS) is 17.6. The average Bonchev–Trinajstić information content (AvgIpc) is 2.14. The third-order valence-electron chi connectivity index (χ3n) is 1.05. The molecule has 0 bridgehead atoms. The van der Waals surface area contributed by atoms with Crippen molar-refractivity contribution in [2.24, 2.45) is 0 Å². The summed E-state index contributed by atoms with van der Waals surface area (Å²) in [4.78, 5) is 10.1. The van der Waals surface area contributed by atoms with E-state index < -0.39 is 0 Å². The fourth-order valence-electron chi connectivity index (χ4n) is 0.598. The molecule has 0 aliphatic heterocycles. The molecule has 0 aromatic heterocycles. The summed E-state index contributed by atoms with van der Waals surface area (Å²) >= 11 is 3.23. The number of halogens is 1. The van der Waals surface area contributed by atoms with Crippen molar-refractivity contribution in [3.05, 3.63) is 22.2 Å². The van der Waals surface area contributed by atoms with Crippen molar-refractivity contribution in [3.8, 4) is 0 Å². The highest BCUT2D eigenvalue weighted by atomic mass is 79.9. The molecule has 0 saturated heterocycles. The average molecular weight is 173 g/mol. The lowest BCUT2D eigenvalue weighted by Crippen LogP contribution is -1.77. The third kappa shape index (κ3) is 0.892. The van der Waals surface area contributed by atoms with E-state index in [0.29, 0.717) is 0 Å². The Morgan fingerprint density at radius 1 is 1.75 bits per heavy atom. The Bertz CT molecular complexity index is 167. The molecule has 0 spiro atoms. The Kier molecular flexibility index (Phi) is 1.63. The molecule has 1 nitrogen and oxygen atoms in total. The van der Waals surface area contributed by atoms with Gasteiger partial charge in [-0.15, -0.1) is 0 Å². The summed E-state index contributed by atoms with van der Waals surface area (Å²) in [7, 11) is 0. The van der Waals surface area contributed by atoms with Gasteiger partial charge in [0.05, 0.1) is 0 Å². The Labute approximate surface area is 56.2 Å². The monoisotopic (exact) mass is 172 g/mol. The van der Waals surface area contributed by atoms with Gasteiger partial charge in [-0.3, -0.25) is 4.79 Å². The number of aldehydes is 1. The highest BCUT2D eigenvalue weighted by Crippen LogP contribution is 2.21. The van der Waals surface area contributed by atoms with E-state index in [9.17, 15) is 4.79 Å². The van der Waals surface area contributed by atoms with Crippen LogP contribution in [0.1, 0.15) is 6.42 Å². The summed E-state index contributed by atoms with van der Waals surface area (Å²) in [5.74, 6) is 0. The van der Waals surface area contributed by atoms with Crippen LogP contribution in [0.3, 0.4) is 0 Å². The maximum Gasteiger partial charge on any atom is 0.147 e. The molecule has 2 heteroatoms. The molecule has 0 N–H and O–H groups in total. The van der Waals surface area contributed by atoms with E-state index in [1.165, 1.54) is 0 Å². The molecule has 0 radical (unpaired) electrons. The number of hydrogen-bond donors (Lipinski definition) is 0. The van der Waals surface area contributed by atoms with Crippen LogP contribution in [0.5, 0.6) is 0 Å². The fraction of sp³-hybridized carbons (Fsp3) is 0.167. The summed E-state index contributed by atoms with van der Waals surface area (Å²) in [5.41, 5.74) is 0.838.